The topological polar surface area (TPSA) is 73.6 Å². The predicted octanol–water partition coefficient (Wildman–Crippen LogP) is 4.48. The van der Waals surface area contributed by atoms with Gasteiger partial charge in [-0.15, -0.1) is 0 Å². The van der Waals surface area contributed by atoms with Crippen molar-refractivity contribution in [2.24, 2.45) is 0 Å². The van der Waals surface area contributed by atoms with Crippen LogP contribution >= 0.6 is 15.9 Å². The molecule has 1 aromatic heterocycles. The Morgan fingerprint density at radius 3 is 2.50 bits per heavy atom. The first-order valence-electron chi connectivity index (χ1n) is 7.60. The maximum absolute atomic E-state index is 12.7. The van der Waals surface area contributed by atoms with Gasteiger partial charge in [-0.05, 0) is 57.0 Å². The fourth-order valence-electron chi connectivity index (χ4n) is 2.65. The minimum absolute atomic E-state index is 0.0288. The quantitative estimate of drug-likeness (QED) is 0.353. The summed E-state index contributed by atoms with van der Waals surface area (Å²) in [5.41, 5.74) is -0.187. The zero-order valence-corrected chi connectivity index (χ0v) is 15.6. The summed E-state index contributed by atoms with van der Waals surface area (Å²) in [6.07, 6.45) is 0. The fraction of sp³-hybridized carbons (Fsp3) is 0. The Morgan fingerprint density at radius 2 is 1.65 bits per heavy atom. The van der Waals surface area contributed by atoms with Crippen molar-refractivity contribution in [3.63, 3.8) is 0 Å². The van der Waals surface area contributed by atoms with Crippen molar-refractivity contribution < 1.29 is 17.0 Å². The monoisotopic (exact) mass is 430 g/mol. The van der Waals surface area contributed by atoms with Crippen molar-refractivity contribution in [2.45, 2.75) is 4.90 Å². The first kappa shape index (κ1) is 16.8. The van der Waals surface area contributed by atoms with Gasteiger partial charge in [-0.1, -0.05) is 30.3 Å². The minimum Gasteiger partial charge on any atom is -0.423 e. The third kappa shape index (κ3) is 3.00. The molecule has 0 aliphatic carbocycles. The molecule has 0 unspecified atom stereocenters. The van der Waals surface area contributed by atoms with Crippen molar-refractivity contribution in [1.82, 2.24) is 0 Å². The van der Waals surface area contributed by atoms with Gasteiger partial charge >= 0.3 is 15.7 Å². The standard InChI is InChI=1S/C19H11BrO5S/c20-19-15-4-2-1-3-12(15)5-8-17(19)25-26(22,23)14-7-9-16-13(11-14)6-10-18(21)24-16/h1-11H. The second kappa shape index (κ2) is 6.26. The molecule has 0 atom stereocenters. The summed E-state index contributed by atoms with van der Waals surface area (Å²) >= 11 is 3.42. The van der Waals surface area contributed by atoms with E-state index >= 15 is 0 Å². The summed E-state index contributed by atoms with van der Waals surface area (Å²) in [6.45, 7) is 0. The highest BCUT2D eigenvalue weighted by molar-refractivity contribution is 9.10. The molecule has 0 saturated heterocycles. The van der Waals surface area contributed by atoms with Gasteiger partial charge < -0.3 is 8.60 Å². The van der Waals surface area contributed by atoms with E-state index in [1.165, 1.54) is 30.3 Å². The van der Waals surface area contributed by atoms with E-state index in [4.69, 9.17) is 8.60 Å². The van der Waals surface area contributed by atoms with E-state index in [1.54, 1.807) is 12.1 Å². The SMILES string of the molecule is O=c1ccc2cc(S(=O)(=O)Oc3ccc4ccccc4c3Br)ccc2o1. The van der Waals surface area contributed by atoms with E-state index in [0.29, 0.717) is 15.4 Å². The smallest absolute Gasteiger partial charge is 0.339 e. The van der Waals surface area contributed by atoms with Crippen LogP contribution in [0.25, 0.3) is 21.7 Å². The van der Waals surface area contributed by atoms with Crippen LogP contribution < -0.4 is 9.81 Å². The van der Waals surface area contributed by atoms with E-state index in [9.17, 15) is 13.2 Å². The van der Waals surface area contributed by atoms with E-state index in [0.717, 1.165) is 10.8 Å². The van der Waals surface area contributed by atoms with Crippen molar-refractivity contribution in [1.29, 1.82) is 0 Å². The molecule has 4 rings (SSSR count). The maximum atomic E-state index is 12.7. The van der Waals surface area contributed by atoms with E-state index < -0.39 is 15.7 Å². The number of benzene rings is 3. The second-order valence-corrected chi connectivity index (χ2v) is 7.93. The second-order valence-electron chi connectivity index (χ2n) is 5.59. The fourth-order valence-corrected chi connectivity index (χ4v) is 4.31. The predicted molar refractivity (Wildman–Crippen MR) is 102 cm³/mol. The number of hydrogen-bond donors (Lipinski definition) is 0. The van der Waals surface area contributed by atoms with Gasteiger partial charge in [-0.2, -0.15) is 8.42 Å². The van der Waals surface area contributed by atoms with Crippen LogP contribution in [0.1, 0.15) is 0 Å². The van der Waals surface area contributed by atoms with Crippen LogP contribution in [0.2, 0.25) is 0 Å². The molecule has 0 spiro atoms. The first-order valence-corrected chi connectivity index (χ1v) is 9.80. The average Bonchev–Trinajstić information content (AvgIpc) is 2.63. The summed E-state index contributed by atoms with van der Waals surface area (Å²) in [7, 11) is -4.06. The minimum atomic E-state index is -4.06. The molecular formula is C19H11BrO5S. The van der Waals surface area contributed by atoms with Gasteiger partial charge in [0.1, 0.15) is 10.5 Å². The number of fused-ring (bicyclic) bond motifs is 2. The molecule has 0 aliphatic rings. The van der Waals surface area contributed by atoms with Gasteiger partial charge in [0.25, 0.3) is 0 Å². The van der Waals surface area contributed by atoms with Gasteiger partial charge in [-0.25, -0.2) is 4.79 Å². The molecule has 4 aromatic rings. The molecule has 0 radical (unpaired) electrons. The lowest BCUT2D eigenvalue weighted by molar-refractivity contribution is 0.485. The number of hydrogen-bond acceptors (Lipinski definition) is 5. The van der Waals surface area contributed by atoms with Gasteiger partial charge in [0.15, 0.2) is 5.75 Å². The Bertz CT molecular complexity index is 1310. The molecule has 0 amide bonds. The molecule has 26 heavy (non-hydrogen) atoms. The molecule has 130 valence electrons. The summed E-state index contributed by atoms with van der Waals surface area (Å²) < 4.78 is 36.2. The molecule has 1 heterocycles. The Balaban J connectivity index is 1.77. The van der Waals surface area contributed by atoms with Crippen LogP contribution in [0.5, 0.6) is 5.75 Å². The number of halogens is 1. The molecule has 7 heteroatoms. The zero-order valence-electron chi connectivity index (χ0n) is 13.2. The van der Waals surface area contributed by atoms with Crippen molar-refractivity contribution in [3.8, 4) is 5.75 Å². The van der Waals surface area contributed by atoms with Crippen molar-refractivity contribution >= 4 is 47.8 Å². The summed E-state index contributed by atoms with van der Waals surface area (Å²) in [5, 5.41) is 2.30. The van der Waals surface area contributed by atoms with Gasteiger partial charge in [0, 0.05) is 11.5 Å². The summed E-state index contributed by atoms with van der Waals surface area (Å²) in [4.78, 5) is 11.2. The summed E-state index contributed by atoms with van der Waals surface area (Å²) in [6, 6.07) is 17.9. The lowest BCUT2D eigenvalue weighted by Crippen LogP contribution is -2.10. The van der Waals surface area contributed by atoms with Crippen LogP contribution in [-0.2, 0) is 10.1 Å². The molecule has 5 nitrogen and oxygen atoms in total. The molecule has 0 fully saturated rings. The van der Waals surface area contributed by atoms with Gasteiger partial charge in [-0.3, -0.25) is 0 Å². The van der Waals surface area contributed by atoms with Crippen LogP contribution in [0.4, 0.5) is 0 Å². The van der Waals surface area contributed by atoms with E-state index in [-0.39, 0.29) is 10.6 Å². The average molecular weight is 431 g/mol. The lowest BCUT2D eigenvalue weighted by atomic mass is 10.1. The maximum Gasteiger partial charge on any atom is 0.339 e. The largest absolute Gasteiger partial charge is 0.423 e. The van der Waals surface area contributed by atoms with Crippen molar-refractivity contribution in [3.05, 3.63) is 81.6 Å². The highest BCUT2D eigenvalue weighted by Crippen LogP contribution is 2.34. The van der Waals surface area contributed by atoms with Crippen LogP contribution in [0.15, 0.2) is 85.3 Å². The molecule has 0 N–H and O–H groups in total. The van der Waals surface area contributed by atoms with Crippen molar-refractivity contribution in [2.75, 3.05) is 0 Å². The molecule has 3 aromatic carbocycles. The Hall–Kier alpha value is -2.64. The van der Waals surface area contributed by atoms with Crippen LogP contribution in [-0.4, -0.2) is 8.42 Å². The van der Waals surface area contributed by atoms with Gasteiger partial charge in [0.2, 0.25) is 0 Å². The summed E-state index contributed by atoms with van der Waals surface area (Å²) in [5.74, 6) is 0.198. The van der Waals surface area contributed by atoms with Crippen LogP contribution in [0.3, 0.4) is 0 Å². The molecule has 0 aliphatic heterocycles. The molecule has 0 bridgehead atoms. The normalized spacial score (nSPS) is 11.7. The Morgan fingerprint density at radius 1 is 0.885 bits per heavy atom. The number of rotatable bonds is 3. The highest BCUT2D eigenvalue weighted by Gasteiger charge is 2.20. The third-order valence-electron chi connectivity index (χ3n) is 3.91. The Labute approximate surface area is 157 Å². The lowest BCUT2D eigenvalue weighted by Gasteiger charge is -2.11. The first-order chi connectivity index (χ1) is 12.4. The molecule has 0 saturated carbocycles. The zero-order chi connectivity index (χ0) is 18.3. The van der Waals surface area contributed by atoms with E-state index in [1.807, 2.05) is 24.3 Å². The Kier molecular flexibility index (Phi) is 4.05. The molecular weight excluding hydrogens is 420 g/mol. The van der Waals surface area contributed by atoms with E-state index in [2.05, 4.69) is 15.9 Å². The highest BCUT2D eigenvalue weighted by atomic mass is 79.9. The third-order valence-corrected chi connectivity index (χ3v) is 5.96. The van der Waals surface area contributed by atoms with Gasteiger partial charge in [0.05, 0.1) is 4.47 Å². The van der Waals surface area contributed by atoms with Crippen LogP contribution in [0, 0.1) is 0 Å².